The standard InChI is InChI=1S/C10H14N4O6S/c11-13-12-5-1-6-21(18,19)7-4-10(17)20-14-8(15)2-3-9(14)16/h1-7H2. The predicted molar refractivity (Wildman–Crippen MR) is 69.1 cm³/mol. The molecule has 10 nitrogen and oxygen atoms in total. The molecule has 0 unspecified atom stereocenters. The molecule has 0 spiro atoms. The summed E-state index contributed by atoms with van der Waals surface area (Å²) in [5, 5.41) is 3.57. The van der Waals surface area contributed by atoms with Gasteiger partial charge in [-0.1, -0.05) is 5.11 Å². The van der Waals surface area contributed by atoms with Crippen LogP contribution in [0.3, 0.4) is 0 Å². The molecule has 1 aliphatic heterocycles. The van der Waals surface area contributed by atoms with Crippen molar-refractivity contribution < 1.29 is 27.6 Å². The van der Waals surface area contributed by atoms with Crippen LogP contribution in [0.2, 0.25) is 0 Å². The van der Waals surface area contributed by atoms with Crippen LogP contribution in [0.5, 0.6) is 0 Å². The van der Waals surface area contributed by atoms with Gasteiger partial charge in [0.25, 0.3) is 11.8 Å². The molecule has 1 heterocycles. The van der Waals surface area contributed by atoms with Gasteiger partial charge in [0.1, 0.15) is 0 Å². The average molecular weight is 318 g/mol. The molecule has 116 valence electrons. The third kappa shape index (κ3) is 5.79. The highest BCUT2D eigenvalue weighted by Crippen LogP contribution is 2.12. The zero-order valence-corrected chi connectivity index (χ0v) is 11.9. The van der Waals surface area contributed by atoms with E-state index in [4.69, 9.17) is 5.53 Å². The van der Waals surface area contributed by atoms with Crippen molar-refractivity contribution in [1.29, 1.82) is 0 Å². The highest BCUT2D eigenvalue weighted by atomic mass is 32.2. The first kappa shape index (κ1) is 16.9. The summed E-state index contributed by atoms with van der Waals surface area (Å²) in [6, 6.07) is 0. The quantitative estimate of drug-likeness (QED) is 0.204. The van der Waals surface area contributed by atoms with Gasteiger partial charge in [0.05, 0.1) is 17.9 Å². The van der Waals surface area contributed by atoms with Gasteiger partial charge in [-0.15, -0.1) is 5.06 Å². The second-order valence-electron chi connectivity index (χ2n) is 4.25. The number of hydroxylamine groups is 2. The average Bonchev–Trinajstić information content (AvgIpc) is 2.73. The van der Waals surface area contributed by atoms with Gasteiger partial charge in [0.2, 0.25) is 0 Å². The maximum absolute atomic E-state index is 11.6. The molecule has 0 radical (unpaired) electrons. The van der Waals surface area contributed by atoms with Crippen LogP contribution in [0, 0.1) is 0 Å². The number of nitrogens with zero attached hydrogens (tertiary/aromatic N) is 4. The highest BCUT2D eigenvalue weighted by molar-refractivity contribution is 7.91. The number of carbonyl (C=O) groups is 3. The Morgan fingerprint density at radius 2 is 1.90 bits per heavy atom. The summed E-state index contributed by atoms with van der Waals surface area (Å²) in [5.41, 5.74) is 8.04. The topological polar surface area (TPSA) is 147 Å². The molecular weight excluding hydrogens is 304 g/mol. The lowest BCUT2D eigenvalue weighted by Crippen LogP contribution is -2.32. The van der Waals surface area contributed by atoms with Crippen LogP contribution in [0.25, 0.3) is 10.4 Å². The maximum atomic E-state index is 11.6. The largest absolute Gasteiger partial charge is 0.334 e. The van der Waals surface area contributed by atoms with Crippen molar-refractivity contribution >= 4 is 27.6 Å². The van der Waals surface area contributed by atoms with Crippen molar-refractivity contribution in [2.24, 2.45) is 5.11 Å². The van der Waals surface area contributed by atoms with Crippen LogP contribution in [0.4, 0.5) is 0 Å². The first-order valence-electron chi connectivity index (χ1n) is 6.13. The smallest absolute Gasteiger partial charge is 0.330 e. The fourth-order valence-electron chi connectivity index (χ4n) is 1.55. The SMILES string of the molecule is [N-]=[N+]=NCCCS(=O)(=O)CCC(=O)ON1C(=O)CCC1=O. The summed E-state index contributed by atoms with van der Waals surface area (Å²) >= 11 is 0. The molecule has 0 aromatic heterocycles. The van der Waals surface area contributed by atoms with Crippen molar-refractivity contribution in [2.45, 2.75) is 25.7 Å². The van der Waals surface area contributed by atoms with Gasteiger partial charge in [0, 0.05) is 24.3 Å². The van der Waals surface area contributed by atoms with Crippen LogP contribution in [-0.4, -0.2) is 49.3 Å². The predicted octanol–water partition coefficient (Wildman–Crippen LogP) is 0.0989. The van der Waals surface area contributed by atoms with E-state index in [2.05, 4.69) is 14.9 Å². The van der Waals surface area contributed by atoms with Gasteiger partial charge in [0.15, 0.2) is 9.84 Å². The Balaban J connectivity index is 2.36. The van der Waals surface area contributed by atoms with Gasteiger partial charge in [-0.3, -0.25) is 9.59 Å². The summed E-state index contributed by atoms with van der Waals surface area (Å²) in [4.78, 5) is 40.8. The Hall–Kier alpha value is -2.13. The van der Waals surface area contributed by atoms with Gasteiger partial charge in [-0.2, -0.15) is 0 Å². The second kappa shape index (κ2) is 7.60. The van der Waals surface area contributed by atoms with Crippen molar-refractivity contribution in [3.8, 4) is 0 Å². The van der Waals surface area contributed by atoms with E-state index >= 15 is 0 Å². The van der Waals surface area contributed by atoms with E-state index < -0.39 is 39.8 Å². The third-order valence-corrected chi connectivity index (χ3v) is 4.33. The molecule has 1 fully saturated rings. The van der Waals surface area contributed by atoms with Crippen LogP contribution < -0.4 is 0 Å². The molecule has 0 atom stereocenters. The Labute approximate surface area is 120 Å². The Morgan fingerprint density at radius 3 is 2.48 bits per heavy atom. The van der Waals surface area contributed by atoms with Crippen molar-refractivity contribution in [3.05, 3.63) is 10.4 Å². The number of sulfone groups is 1. The lowest BCUT2D eigenvalue weighted by atomic mass is 10.4. The van der Waals surface area contributed by atoms with Gasteiger partial charge < -0.3 is 4.84 Å². The molecule has 1 rings (SSSR count). The molecule has 0 bridgehead atoms. The Kier molecular flexibility index (Phi) is 6.12. The number of hydrogen-bond acceptors (Lipinski definition) is 7. The zero-order chi connectivity index (χ0) is 15.9. The van der Waals surface area contributed by atoms with Gasteiger partial charge in [-0.05, 0) is 12.0 Å². The van der Waals surface area contributed by atoms with E-state index in [1.54, 1.807) is 0 Å². The number of hydrogen-bond donors (Lipinski definition) is 0. The van der Waals surface area contributed by atoms with E-state index in [0.29, 0.717) is 5.06 Å². The molecule has 1 aliphatic rings. The monoisotopic (exact) mass is 318 g/mol. The summed E-state index contributed by atoms with van der Waals surface area (Å²) in [6.07, 6.45) is -0.348. The first-order chi connectivity index (χ1) is 9.85. The fourth-order valence-corrected chi connectivity index (χ4v) is 2.80. The number of rotatable bonds is 8. The van der Waals surface area contributed by atoms with Gasteiger partial charge in [-0.25, -0.2) is 13.2 Å². The number of carbonyl (C=O) groups excluding carboxylic acids is 3. The number of azide groups is 1. The second-order valence-corrected chi connectivity index (χ2v) is 6.56. The molecular formula is C10H14N4O6S. The molecule has 0 saturated carbocycles. The molecule has 11 heteroatoms. The van der Waals surface area contributed by atoms with E-state index in [-0.39, 0.29) is 31.6 Å². The zero-order valence-electron chi connectivity index (χ0n) is 11.1. The van der Waals surface area contributed by atoms with E-state index in [1.165, 1.54) is 0 Å². The van der Waals surface area contributed by atoms with E-state index in [0.717, 1.165) is 0 Å². The maximum Gasteiger partial charge on any atom is 0.334 e. The normalized spacial score (nSPS) is 15.0. The molecule has 21 heavy (non-hydrogen) atoms. The summed E-state index contributed by atoms with van der Waals surface area (Å²) < 4.78 is 23.1. The van der Waals surface area contributed by atoms with Crippen LogP contribution >= 0.6 is 0 Å². The minimum atomic E-state index is -3.49. The fraction of sp³-hybridized carbons (Fsp3) is 0.700. The van der Waals surface area contributed by atoms with Crippen molar-refractivity contribution in [3.63, 3.8) is 0 Å². The van der Waals surface area contributed by atoms with Gasteiger partial charge >= 0.3 is 5.97 Å². The highest BCUT2D eigenvalue weighted by Gasteiger charge is 2.32. The lowest BCUT2D eigenvalue weighted by molar-refractivity contribution is -0.197. The summed E-state index contributed by atoms with van der Waals surface area (Å²) in [7, 11) is -3.49. The molecule has 0 aliphatic carbocycles. The molecule has 1 saturated heterocycles. The Bertz CT molecular complexity index is 564. The first-order valence-corrected chi connectivity index (χ1v) is 7.96. The molecule has 0 aromatic rings. The van der Waals surface area contributed by atoms with E-state index in [1.807, 2.05) is 0 Å². The number of amides is 2. The minimum Gasteiger partial charge on any atom is -0.330 e. The molecule has 0 aromatic carbocycles. The summed E-state index contributed by atoms with van der Waals surface area (Å²) in [6.45, 7) is 0.0525. The van der Waals surface area contributed by atoms with Crippen molar-refractivity contribution in [1.82, 2.24) is 5.06 Å². The van der Waals surface area contributed by atoms with Crippen LogP contribution in [0.15, 0.2) is 5.11 Å². The third-order valence-electron chi connectivity index (χ3n) is 2.59. The van der Waals surface area contributed by atoms with Crippen LogP contribution in [0.1, 0.15) is 25.7 Å². The molecule has 2 amide bonds. The van der Waals surface area contributed by atoms with Crippen molar-refractivity contribution in [2.75, 3.05) is 18.1 Å². The number of imide groups is 1. The van der Waals surface area contributed by atoms with Crippen LogP contribution in [-0.2, 0) is 29.1 Å². The summed E-state index contributed by atoms with van der Waals surface area (Å²) in [5.74, 6) is -2.88. The lowest BCUT2D eigenvalue weighted by Gasteiger charge is -2.12. The molecule has 0 N–H and O–H groups in total. The van der Waals surface area contributed by atoms with E-state index in [9.17, 15) is 22.8 Å². The minimum absolute atomic E-state index is 0.0240. The Morgan fingerprint density at radius 1 is 1.29 bits per heavy atom.